The van der Waals surface area contributed by atoms with Gasteiger partial charge in [-0.3, -0.25) is 0 Å². The van der Waals surface area contributed by atoms with Crippen molar-refractivity contribution >= 4 is 101 Å². The fourth-order valence-corrected chi connectivity index (χ4v) is 12.2. The van der Waals surface area contributed by atoms with Gasteiger partial charge in [-0.05, 0) is 94.3 Å². The fraction of sp³-hybridized carbons (Fsp3) is 0.0333. The number of rotatable bonds is 14. The second-order valence-corrected chi connectivity index (χ2v) is 20.1. The van der Waals surface area contributed by atoms with Gasteiger partial charge in [-0.25, -0.2) is 9.97 Å². The Labute approximate surface area is 443 Å². The Kier molecular flexibility index (Phi) is 12.6. The zero-order valence-electron chi connectivity index (χ0n) is 40.8. The Bertz CT molecular complexity index is 3910. The Morgan fingerprint density at radius 3 is 1.09 bits per heavy atom. The van der Waals surface area contributed by atoms with Crippen LogP contribution in [0.5, 0.6) is 23.0 Å². The Morgan fingerprint density at radius 1 is 0.461 bits per heavy atom. The van der Waals surface area contributed by atoms with Crippen molar-refractivity contribution in [2.24, 2.45) is 10.4 Å². The van der Waals surface area contributed by atoms with Gasteiger partial charge in [0.15, 0.2) is 11.4 Å². The van der Waals surface area contributed by atoms with E-state index in [1.165, 1.54) is 22.7 Å². The largest absolute Gasteiger partial charge is 0.508 e. The van der Waals surface area contributed by atoms with Crippen molar-refractivity contribution in [2.45, 2.75) is 0 Å². The summed E-state index contributed by atoms with van der Waals surface area (Å²) in [5.74, 6) is 1.27. The van der Waals surface area contributed by atoms with Crippen LogP contribution in [0.2, 0.25) is 0 Å². The molecule has 0 bridgehead atoms. The van der Waals surface area contributed by atoms with Crippen molar-refractivity contribution < 1.29 is 19.7 Å². The lowest BCUT2D eigenvalue weighted by Gasteiger charge is -2.24. The number of nitrogens with zero attached hydrogens (tertiary/aromatic N) is 6. The van der Waals surface area contributed by atoms with Crippen LogP contribution in [-0.4, -0.2) is 57.1 Å². The van der Waals surface area contributed by atoms with E-state index in [2.05, 4.69) is 19.3 Å². The number of ether oxygens (including phenoxy) is 2. The van der Waals surface area contributed by atoms with E-state index in [9.17, 15) is 20.0 Å². The molecular formula is C60H42B2N6O6S2. The molecule has 12 nitrogen and oxygen atoms in total. The van der Waals surface area contributed by atoms with Gasteiger partial charge >= 0.3 is 13.7 Å². The Hall–Kier alpha value is -9.37. The third-order valence-corrected chi connectivity index (χ3v) is 15.7. The second kappa shape index (κ2) is 20.2. The lowest BCUT2D eigenvalue weighted by Crippen LogP contribution is -2.54. The number of hydrogen-bond acceptors (Lipinski definition) is 12. The van der Waals surface area contributed by atoms with Gasteiger partial charge in [-0.1, -0.05) is 143 Å². The average molecular weight is 1030 g/mol. The van der Waals surface area contributed by atoms with Gasteiger partial charge < -0.3 is 28.6 Å². The molecule has 0 saturated heterocycles. The first-order valence-corrected chi connectivity index (χ1v) is 25.9. The summed E-state index contributed by atoms with van der Waals surface area (Å²) < 4.78 is 17.1. The number of nitroso groups, excluding NO2 is 2. The summed E-state index contributed by atoms with van der Waals surface area (Å²) in [5, 5.41) is 32.7. The van der Waals surface area contributed by atoms with E-state index in [1.54, 1.807) is 38.5 Å². The van der Waals surface area contributed by atoms with Crippen molar-refractivity contribution in [2.75, 3.05) is 14.2 Å². The molecule has 0 aliphatic rings. The third-order valence-electron chi connectivity index (χ3n) is 13.6. The van der Waals surface area contributed by atoms with Gasteiger partial charge in [0.25, 0.3) is 0 Å². The van der Waals surface area contributed by atoms with Gasteiger partial charge in [0.05, 0.1) is 45.4 Å². The number of thiazole rings is 2. The summed E-state index contributed by atoms with van der Waals surface area (Å²) in [7, 11) is 3.19. The molecule has 12 rings (SSSR count). The summed E-state index contributed by atoms with van der Waals surface area (Å²) in [6.07, 6.45) is 0. The quantitative estimate of drug-likeness (QED) is 0.0807. The summed E-state index contributed by atoms with van der Waals surface area (Å²) in [5.41, 5.74) is 7.17. The molecule has 0 aliphatic carbocycles. The van der Waals surface area contributed by atoms with Crippen molar-refractivity contribution in [1.82, 2.24) is 18.9 Å². The lowest BCUT2D eigenvalue weighted by atomic mass is 9.50. The van der Waals surface area contributed by atoms with E-state index in [1.807, 2.05) is 182 Å². The Morgan fingerprint density at radius 2 is 0.789 bits per heavy atom. The first-order chi connectivity index (χ1) is 37.3. The number of aromatic hydroxyl groups is 2. The van der Waals surface area contributed by atoms with Crippen molar-refractivity contribution in [3.8, 4) is 45.5 Å². The Balaban J connectivity index is 1.44. The molecule has 366 valence electrons. The topological polar surface area (TPSA) is 153 Å². The molecule has 0 spiro atoms. The standard InChI is InChI=1S/C60H42B2N6O6S2/c1-73-45-31-33-49-47(35-45)63-59(75-49)53(65-71)57-51-52(56(38-25-29-44(70)30-26-38)67(57)61(39-15-7-3-8-16-39)40-17-9-4-10-18-40)58(54(66-72)60-64-48-36-46(74-2)32-34-50(48)76-60)68(55(51)37-23-27-43(69)28-24-37)62(41-19-11-5-12-20-41)42-21-13-6-14-22-42/h3-36,69-70H,1-2H3/b57-53+,58-54+. The van der Waals surface area contributed by atoms with Crippen LogP contribution >= 0.6 is 22.7 Å². The lowest BCUT2D eigenvalue weighted by molar-refractivity contribution is 0.415. The maximum atomic E-state index is 14.6. The molecule has 4 heterocycles. The van der Waals surface area contributed by atoms with Crippen LogP contribution in [0, 0.1) is 9.81 Å². The fourth-order valence-electron chi connectivity index (χ4n) is 10.4. The summed E-state index contributed by atoms with van der Waals surface area (Å²) >= 11 is 2.65. The molecule has 16 heteroatoms. The van der Waals surface area contributed by atoms with Crippen LogP contribution in [0.15, 0.2) is 217 Å². The molecule has 0 fully saturated rings. The first-order valence-electron chi connectivity index (χ1n) is 24.3. The molecule has 0 aliphatic heterocycles. The van der Waals surface area contributed by atoms with Crippen molar-refractivity contribution in [3.63, 3.8) is 0 Å². The number of hydrogen-bond donors (Lipinski definition) is 2. The normalized spacial score (nSPS) is 12.2. The minimum absolute atomic E-state index is 0.0273. The SMILES string of the molecule is COc1ccc2sc(/C(N=O)=c3/c4c(-c5ccc(O)cc5)n(B(c5ccccc5)c5ccccc5)/c(=C(/N=O)c5nc6cc(OC)ccc6s5)c4c(-c4ccc(O)cc4)n3B(c3ccccc3)c3ccccc3)nc2c1. The molecule has 12 aromatic rings. The van der Waals surface area contributed by atoms with Crippen molar-refractivity contribution in [1.29, 1.82) is 0 Å². The highest BCUT2D eigenvalue weighted by Crippen LogP contribution is 2.39. The number of benzene rings is 8. The maximum absolute atomic E-state index is 14.6. The molecule has 0 atom stereocenters. The summed E-state index contributed by atoms with van der Waals surface area (Å²) in [6.45, 7) is -1.34. The molecule has 0 unspecified atom stereocenters. The molecular weight excluding hydrogens is 986 g/mol. The predicted octanol–water partition coefficient (Wildman–Crippen LogP) is 9.58. The zero-order chi connectivity index (χ0) is 51.9. The monoisotopic (exact) mass is 1030 g/mol. The van der Waals surface area contributed by atoms with Gasteiger partial charge in [0.2, 0.25) is 0 Å². The highest BCUT2D eigenvalue weighted by molar-refractivity contribution is 7.19. The smallest absolute Gasteiger partial charge is 0.328 e. The summed E-state index contributed by atoms with van der Waals surface area (Å²) in [4.78, 5) is 39.5. The van der Waals surface area contributed by atoms with E-state index in [0.29, 0.717) is 76.5 Å². The van der Waals surface area contributed by atoms with Gasteiger partial charge in [-0.2, -0.15) is 0 Å². The highest BCUT2D eigenvalue weighted by Gasteiger charge is 2.38. The van der Waals surface area contributed by atoms with Crippen LogP contribution in [0.4, 0.5) is 0 Å². The molecule has 0 radical (unpaired) electrons. The minimum atomic E-state index is -0.671. The third kappa shape index (κ3) is 8.39. The maximum Gasteiger partial charge on any atom is 0.328 e. The molecule has 0 amide bonds. The minimum Gasteiger partial charge on any atom is -0.508 e. The van der Waals surface area contributed by atoms with Crippen LogP contribution in [0.3, 0.4) is 0 Å². The zero-order valence-corrected chi connectivity index (χ0v) is 42.4. The molecule has 76 heavy (non-hydrogen) atoms. The van der Waals surface area contributed by atoms with Crippen molar-refractivity contribution in [3.05, 3.63) is 237 Å². The van der Waals surface area contributed by atoms with Gasteiger partial charge in [0, 0.05) is 34.3 Å². The number of phenols is 2. The van der Waals surface area contributed by atoms with Crippen LogP contribution in [0.1, 0.15) is 10.0 Å². The van der Waals surface area contributed by atoms with Gasteiger partial charge in [-0.15, -0.1) is 32.5 Å². The molecule has 0 saturated carbocycles. The molecule has 4 aromatic heterocycles. The number of aromatic nitrogens is 4. The van der Waals surface area contributed by atoms with E-state index >= 15 is 0 Å². The predicted molar refractivity (Wildman–Crippen MR) is 309 cm³/mol. The van der Waals surface area contributed by atoms with Gasteiger partial charge in [0.1, 0.15) is 33.0 Å². The molecule has 8 aromatic carbocycles. The van der Waals surface area contributed by atoms with E-state index in [4.69, 9.17) is 19.4 Å². The van der Waals surface area contributed by atoms with Crippen LogP contribution in [-0.2, 0) is 0 Å². The number of phenolic OH excluding ortho intramolecular Hbond substituents is 2. The van der Waals surface area contributed by atoms with E-state index in [-0.39, 0.29) is 22.9 Å². The molecule has 2 N–H and O–H groups in total. The van der Waals surface area contributed by atoms with Crippen LogP contribution < -0.4 is 42.0 Å². The van der Waals surface area contributed by atoms with E-state index in [0.717, 1.165) is 31.3 Å². The highest BCUT2D eigenvalue weighted by atomic mass is 32.1. The van der Waals surface area contributed by atoms with Crippen LogP contribution in [0.25, 0.3) is 65.1 Å². The second-order valence-electron chi connectivity index (χ2n) is 18.0. The average Bonchev–Trinajstić information content (AvgIpc) is 4.32. The van der Waals surface area contributed by atoms with E-state index < -0.39 is 13.7 Å². The number of fused-ring (bicyclic) bond motifs is 3. The summed E-state index contributed by atoms with van der Waals surface area (Å²) in [6, 6.07) is 65.1. The number of methoxy groups -OCH3 is 2. The first kappa shape index (κ1) is 47.6.